The summed E-state index contributed by atoms with van der Waals surface area (Å²) in [6.07, 6.45) is 3.38. The maximum Gasteiger partial charge on any atom is 0.231 e. The average Bonchev–Trinajstić information content (AvgIpc) is 3.18. The van der Waals surface area contributed by atoms with Gasteiger partial charge in [-0.15, -0.1) is 10.2 Å². The number of hydrogen-bond acceptors (Lipinski definition) is 6. The first-order chi connectivity index (χ1) is 14.8. The molecule has 160 valence electrons. The maximum absolute atomic E-state index is 12.6. The van der Waals surface area contributed by atoms with E-state index in [1.807, 2.05) is 55.7 Å². The third-order valence-corrected chi connectivity index (χ3v) is 6.51. The quantitative estimate of drug-likeness (QED) is 0.530. The third-order valence-electron chi connectivity index (χ3n) is 5.17. The molecule has 7 nitrogen and oxygen atoms in total. The standard InChI is InChI=1S/C22H23ClN6OS/c1-14(2)22(4,13-24)26-19(30)12-31-21-28-27-20(16-8-10-25-11-9-16)29(21)18-7-5-6-17(23)15(18)3/h5-11,14H,12H2,1-4H3,(H,26,30)/t22-/m1/s1. The highest BCUT2D eigenvalue weighted by Crippen LogP contribution is 2.31. The van der Waals surface area contributed by atoms with E-state index in [2.05, 4.69) is 26.6 Å². The molecule has 0 aliphatic carbocycles. The minimum absolute atomic E-state index is 0.0255. The number of carbonyl (C=O) groups excluding carboxylic acids is 1. The summed E-state index contributed by atoms with van der Waals surface area (Å²) in [4.78, 5) is 16.6. The van der Waals surface area contributed by atoms with Gasteiger partial charge < -0.3 is 5.32 Å². The second-order valence-corrected chi connectivity index (χ2v) is 8.92. The van der Waals surface area contributed by atoms with Crippen LogP contribution in [0, 0.1) is 24.2 Å². The minimum Gasteiger partial charge on any atom is -0.337 e. The Labute approximate surface area is 190 Å². The van der Waals surface area contributed by atoms with Crippen molar-refractivity contribution in [1.82, 2.24) is 25.1 Å². The van der Waals surface area contributed by atoms with Crippen molar-refractivity contribution in [3.8, 4) is 23.1 Å². The zero-order valence-corrected chi connectivity index (χ0v) is 19.3. The van der Waals surface area contributed by atoms with E-state index in [9.17, 15) is 10.1 Å². The number of halogens is 1. The molecule has 0 saturated carbocycles. The molecule has 3 rings (SSSR count). The number of benzene rings is 1. The molecule has 1 atom stereocenters. The Kier molecular flexibility index (Phi) is 6.98. The number of aromatic nitrogens is 4. The Morgan fingerprint density at radius 3 is 2.65 bits per heavy atom. The molecular formula is C22H23ClN6OS. The van der Waals surface area contributed by atoms with Crippen molar-refractivity contribution < 1.29 is 4.79 Å². The zero-order chi connectivity index (χ0) is 22.6. The summed E-state index contributed by atoms with van der Waals surface area (Å²) in [6, 6.07) is 11.5. The van der Waals surface area contributed by atoms with Gasteiger partial charge in [-0.05, 0) is 49.6 Å². The molecule has 0 fully saturated rings. The number of nitrogens with zero attached hydrogens (tertiary/aromatic N) is 5. The Balaban J connectivity index is 1.95. The van der Waals surface area contributed by atoms with Crippen LogP contribution in [0.2, 0.25) is 5.02 Å². The van der Waals surface area contributed by atoms with Crippen LogP contribution in [0.1, 0.15) is 26.3 Å². The number of nitriles is 1. The van der Waals surface area contributed by atoms with E-state index >= 15 is 0 Å². The van der Waals surface area contributed by atoms with E-state index in [-0.39, 0.29) is 17.6 Å². The zero-order valence-electron chi connectivity index (χ0n) is 17.8. The fourth-order valence-electron chi connectivity index (χ4n) is 2.86. The van der Waals surface area contributed by atoms with Gasteiger partial charge in [0.05, 0.1) is 17.5 Å². The molecule has 1 N–H and O–H groups in total. The van der Waals surface area contributed by atoms with E-state index < -0.39 is 5.54 Å². The summed E-state index contributed by atoms with van der Waals surface area (Å²) < 4.78 is 1.89. The van der Waals surface area contributed by atoms with Crippen LogP contribution in [-0.4, -0.2) is 36.9 Å². The highest BCUT2D eigenvalue weighted by Gasteiger charge is 2.30. The Bertz CT molecular complexity index is 1120. The molecule has 3 aromatic rings. The van der Waals surface area contributed by atoms with Gasteiger partial charge in [-0.25, -0.2) is 0 Å². The molecule has 2 heterocycles. The molecular weight excluding hydrogens is 432 g/mol. The van der Waals surface area contributed by atoms with E-state index in [4.69, 9.17) is 11.6 Å². The number of amides is 1. The second kappa shape index (κ2) is 9.50. The van der Waals surface area contributed by atoms with Crippen LogP contribution in [0.4, 0.5) is 0 Å². The summed E-state index contributed by atoms with van der Waals surface area (Å²) in [5, 5.41) is 22.2. The van der Waals surface area contributed by atoms with Crippen LogP contribution >= 0.6 is 23.4 Å². The van der Waals surface area contributed by atoms with Gasteiger partial charge in [0, 0.05) is 23.0 Å². The Morgan fingerprint density at radius 2 is 2.00 bits per heavy atom. The van der Waals surface area contributed by atoms with Crippen LogP contribution in [0.15, 0.2) is 47.9 Å². The van der Waals surface area contributed by atoms with Crippen molar-refractivity contribution in [2.75, 3.05) is 5.75 Å². The first-order valence-electron chi connectivity index (χ1n) is 9.73. The van der Waals surface area contributed by atoms with Crippen molar-refractivity contribution in [3.63, 3.8) is 0 Å². The van der Waals surface area contributed by atoms with Gasteiger partial charge >= 0.3 is 0 Å². The number of pyridine rings is 1. The second-order valence-electron chi connectivity index (χ2n) is 7.57. The van der Waals surface area contributed by atoms with Crippen molar-refractivity contribution in [1.29, 1.82) is 5.26 Å². The molecule has 0 aliphatic rings. The summed E-state index contributed by atoms with van der Waals surface area (Å²) in [6.45, 7) is 7.45. The third kappa shape index (κ3) is 4.89. The first kappa shape index (κ1) is 22.8. The number of hydrogen-bond donors (Lipinski definition) is 1. The molecule has 9 heteroatoms. The largest absolute Gasteiger partial charge is 0.337 e. The first-order valence-corrected chi connectivity index (χ1v) is 11.1. The van der Waals surface area contributed by atoms with Crippen LogP contribution < -0.4 is 5.32 Å². The lowest BCUT2D eigenvalue weighted by Crippen LogP contribution is -2.49. The van der Waals surface area contributed by atoms with Gasteiger partial charge in [-0.1, -0.05) is 43.3 Å². The van der Waals surface area contributed by atoms with Crippen molar-refractivity contribution in [3.05, 3.63) is 53.3 Å². The Hall–Kier alpha value is -2.89. The molecule has 0 unspecified atom stereocenters. The smallest absolute Gasteiger partial charge is 0.231 e. The summed E-state index contributed by atoms with van der Waals surface area (Å²) in [7, 11) is 0. The lowest BCUT2D eigenvalue weighted by Gasteiger charge is -2.27. The molecule has 31 heavy (non-hydrogen) atoms. The Morgan fingerprint density at radius 1 is 1.29 bits per heavy atom. The van der Waals surface area contributed by atoms with Crippen LogP contribution in [0.5, 0.6) is 0 Å². The van der Waals surface area contributed by atoms with Crippen molar-refractivity contribution in [2.45, 2.75) is 38.4 Å². The van der Waals surface area contributed by atoms with Crippen LogP contribution in [0.3, 0.4) is 0 Å². The van der Waals surface area contributed by atoms with Crippen molar-refractivity contribution in [2.24, 2.45) is 5.92 Å². The van der Waals surface area contributed by atoms with Gasteiger partial charge in [0.2, 0.25) is 5.91 Å². The summed E-state index contributed by atoms with van der Waals surface area (Å²) >= 11 is 7.61. The van der Waals surface area contributed by atoms with E-state index in [1.165, 1.54) is 11.8 Å². The molecule has 0 saturated heterocycles. The normalized spacial score (nSPS) is 12.9. The van der Waals surface area contributed by atoms with E-state index in [0.717, 1.165) is 16.8 Å². The number of nitrogens with one attached hydrogen (secondary N) is 1. The molecule has 1 aromatic carbocycles. The number of thioether (sulfide) groups is 1. The molecule has 1 amide bonds. The fourth-order valence-corrected chi connectivity index (χ4v) is 3.78. The topological polar surface area (TPSA) is 96.5 Å². The highest BCUT2D eigenvalue weighted by atomic mass is 35.5. The molecule has 2 aromatic heterocycles. The van der Waals surface area contributed by atoms with Crippen molar-refractivity contribution >= 4 is 29.3 Å². The highest BCUT2D eigenvalue weighted by molar-refractivity contribution is 7.99. The van der Waals surface area contributed by atoms with Gasteiger partial charge in [0.1, 0.15) is 5.54 Å². The van der Waals surface area contributed by atoms with Crippen LogP contribution in [-0.2, 0) is 4.79 Å². The SMILES string of the molecule is Cc1c(Cl)cccc1-n1c(SCC(=O)N[C@](C)(C#N)C(C)C)nnc1-c1ccncc1. The van der Waals surface area contributed by atoms with Gasteiger partial charge in [-0.3, -0.25) is 14.3 Å². The van der Waals surface area contributed by atoms with Gasteiger partial charge in [0.25, 0.3) is 0 Å². The molecule has 0 spiro atoms. The van der Waals surface area contributed by atoms with Gasteiger partial charge in [-0.2, -0.15) is 5.26 Å². The monoisotopic (exact) mass is 454 g/mol. The predicted octanol–water partition coefficient (Wildman–Crippen LogP) is 4.44. The molecule has 0 aliphatic heterocycles. The van der Waals surface area contributed by atoms with E-state index in [0.29, 0.717) is 16.0 Å². The number of rotatable bonds is 7. The van der Waals surface area contributed by atoms with E-state index in [1.54, 1.807) is 19.3 Å². The average molecular weight is 455 g/mol. The maximum atomic E-state index is 12.6. The summed E-state index contributed by atoms with van der Waals surface area (Å²) in [5.74, 6) is 0.450. The number of carbonyl (C=O) groups is 1. The molecule has 0 radical (unpaired) electrons. The minimum atomic E-state index is -0.933. The summed E-state index contributed by atoms with van der Waals surface area (Å²) in [5.41, 5.74) is 1.62. The predicted molar refractivity (Wildman–Crippen MR) is 122 cm³/mol. The van der Waals surface area contributed by atoms with Gasteiger partial charge in [0.15, 0.2) is 11.0 Å². The lowest BCUT2D eigenvalue weighted by molar-refractivity contribution is -0.120. The van der Waals surface area contributed by atoms with Crippen LogP contribution in [0.25, 0.3) is 17.1 Å². The molecule has 0 bridgehead atoms. The fraction of sp³-hybridized carbons (Fsp3) is 0.318. The lowest BCUT2D eigenvalue weighted by atomic mass is 9.90.